The van der Waals surface area contributed by atoms with Crippen LogP contribution in [-0.2, 0) is 4.79 Å². The van der Waals surface area contributed by atoms with Gasteiger partial charge in [0.1, 0.15) is 0 Å². The molecule has 0 radical (unpaired) electrons. The van der Waals surface area contributed by atoms with Crippen molar-refractivity contribution in [3.8, 4) is 0 Å². The van der Waals surface area contributed by atoms with Gasteiger partial charge in [-0.25, -0.2) is 0 Å². The quantitative estimate of drug-likeness (QED) is 0.796. The molecule has 3 heteroatoms. The molecule has 1 heterocycles. The van der Waals surface area contributed by atoms with E-state index in [0.717, 1.165) is 12.3 Å². The lowest BCUT2D eigenvalue weighted by Gasteiger charge is -2.38. The number of nitrogens with zero attached hydrogens (tertiary/aromatic N) is 1. The molecular weight excluding hydrogens is 200 g/mol. The Bertz CT molecular complexity index is 248. The molecular formula is C13H24N2O. The second kappa shape index (κ2) is 5.17. The van der Waals surface area contributed by atoms with Crippen molar-refractivity contribution in [3.05, 3.63) is 0 Å². The van der Waals surface area contributed by atoms with E-state index in [4.69, 9.17) is 0 Å². The van der Waals surface area contributed by atoms with Gasteiger partial charge < -0.3 is 4.90 Å². The van der Waals surface area contributed by atoms with Crippen molar-refractivity contribution in [2.45, 2.75) is 64.6 Å². The van der Waals surface area contributed by atoms with Gasteiger partial charge in [0.2, 0.25) is 5.91 Å². The summed E-state index contributed by atoms with van der Waals surface area (Å²) in [6.45, 7) is 4.86. The van der Waals surface area contributed by atoms with Crippen LogP contribution < -0.4 is 5.32 Å². The van der Waals surface area contributed by atoms with Gasteiger partial charge >= 0.3 is 0 Å². The van der Waals surface area contributed by atoms with E-state index in [0.29, 0.717) is 18.5 Å². The number of carbonyl (C=O) groups excluding carboxylic acids is 1. The summed E-state index contributed by atoms with van der Waals surface area (Å²) in [6, 6.07) is 0.470. The van der Waals surface area contributed by atoms with Gasteiger partial charge in [0, 0.05) is 6.04 Å². The molecule has 1 saturated heterocycles. The lowest BCUT2D eigenvalue weighted by molar-refractivity contribution is -0.131. The van der Waals surface area contributed by atoms with Crippen LogP contribution in [0.2, 0.25) is 0 Å². The van der Waals surface area contributed by atoms with Crippen LogP contribution in [0, 0.1) is 5.92 Å². The molecule has 2 fully saturated rings. The Morgan fingerprint density at radius 1 is 1.38 bits per heavy atom. The molecule has 92 valence electrons. The van der Waals surface area contributed by atoms with Crippen molar-refractivity contribution < 1.29 is 4.79 Å². The highest BCUT2D eigenvalue weighted by atomic mass is 16.2. The molecule has 3 nitrogen and oxygen atoms in total. The minimum atomic E-state index is 0.236. The Morgan fingerprint density at radius 2 is 2.06 bits per heavy atom. The fourth-order valence-corrected chi connectivity index (χ4v) is 3.39. The third-order valence-electron chi connectivity index (χ3n) is 4.22. The lowest BCUT2D eigenvalue weighted by Crippen LogP contribution is -2.47. The van der Waals surface area contributed by atoms with Crippen molar-refractivity contribution in [1.29, 1.82) is 0 Å². The summed E-state index contributed by atoms with van der Waals surface area (Å²) in [5, 5.41) is 3.25. The second-order valence-electron chi connectivity index (χ2n) is 5.23. The first-order valence-corrected chi connectivity index (χ1v) is 6.78. The fraction of sp³-hybridized carbons (Fsp3) is 0.923. The van der Waals surface area contributed by atoms with Crippen LogP contribution in [0.5, 0.6) is 0 Å². The zero-order valence-corrected chi connectivity index (χ0v) is 10.5. The van der Waals surface area contributed by atoms with E-state index in [1.54, 1.807) is 0 Å². The van der Waals surface area contributed by atoms with Crippen LogP contribution >= 0.6 is 0 Å². The molecule has 2 atom stereocenters. The van der Waals surface area contributed by atoms with Gasteiger partial charge in [0.25, 0.3) is 0 Å². The number of amides is 1. The number of hydrogen-bond donors (Lipinski definition) is 1. The average Bonchev–Trinajstić information content (AvgIpc) is 2.63. The van der Waals surface area contributed by atoms with Crippen molar-refractivity contribution in [1.82, 2.24) is 10.2 Å². The average molecular weight is 224 g/mol. The summed E-state index contributed by atoms with van der Waals surface area (Å²) >= 11 is 0. The maximum atomic E-state index is 11.9. The van der Waals surface area contributed by atoms with Crippen molar-refractivity contribution >= 4 is 5.91 Å². The van der Waals surface area contributed by atoms with E-state index < -0.39 is 0 Å². The molecule has 16 heavy (non-hydrogen) atoms. The zero-order valence-electron chi connectivity index (χ0n) is 10.5. The summed E-state index contributed by atoms with van der Waals surface area (Å²) < 4.78 is 0. The lowest BCUT2D eigenvalue weighted by atomic mass is 9.82. The Hall–Kier alpha value is -0.570. The van der Waals surface area contributed by atoms with E-state index in [-0.39, 0.29) is 6.17 Å². The van der Waals surface area contributed by atoms with Gasteiger partial charge in [0.05, 0.1) is 12.7 Å². The predicted octanol–water partition coefficient (Wildman–Crippen LogP) is 2.12. The fourth-order valence-electron chi connectivity index (χ4n) is 3.39. The third kappa shape index (κ3) is 2.24. The normalized spacial score (nSPS) is 29.8. The maximum Gasteiger partial charge on any atom is 0.238 e. The molecule has 2 rings (SSSR count). The molecule has 1 aliphatic carbocycles. The largest absolute Gasteiger partial charge is 0.323 e. The second-order valence-corrected chi connectivity index (χ2v) is 5.23. The summed E-state index contributed by atoms with van der Waals surface area (Å²) in [7, 11) is 0. The molecule has 0 bridgehead atoms. The number of carbonyl (C=O) groups is 1. The van der Waals surface area contributed by atoms with Crippen LogP contribution in [0.25, 0.3) is 0 Å². The standard InChI is InChI=1S/C13H24N2O/c1-3-12(11-7-5-4-6-8-11)15-10(2)14-9-13(15)16/h10-12,14H,3-9H2,1-2H3. The van der Waals surface area contributed by atoms with Gasteiger partial charge in [-0.1, -0.05) is 26.2 Å². The van der Waals surface area contributed by atoms with Gasteiger partial charge in [0.15, 0.2) is 0 Å². The predicted molar refractivity (Wildman–Crippen MR) is 65.0 cm³/mol. The number of hydrogen-bond acceptors (Lipinski definition) is 2. The smallest absolute Gasteiger partial charge is 0.238 e. The van der Waals surface area contributed by atoms with Gasteiger partial charge in [-0.05, 0) is 32.1 Å². The highest BCUT2D eigenvalue weighted by Gasteiger charge is 2.36. The Kier molecular flexibility index (Phi) is 3.85. The molecule has 2 unspecified atom stereocenters. The van der Waals surface area contributed by atoms with Gasteiger partial charge in [-0.2, -0.15) is 0 Å². The van der Waals surface area contributed by atoms with Gasteiger partial charge in [-0.15, -0.1) is 0 Å². The summed E-state index contributed by atoms with van der Waals surface area (Å²) in [5.74, 6) is 1.04. The van der Waals surface area contributed by atoms with Crippen molar-refractivity contribution in [2.75, 3.05) is 6.54 Å². The molecule has 1 saturated carbocycles. The van der Waals surface area contributed by atoms with E-state index in [1.807, 2.05) is 0 Å². The molecule has 0 aromatic rings. The molecule has 0 spiro atoms. The van der Waals surface area contributed by atoms with Crippen LogP contribution in [0.1, 0.15) is 52.4 Å². The van der Waals surface area contributed by atoms with Crippen LogP contribution in [0.15, 0.2) is 0 Å². The molecule has 1 amide bonds. The van der Waals surface area contributed by atoms with E-state index in [1.165, 1.54) is 32.1 Å². The minimum absolute atomic E-state index is 0.236. The van der Waals surface area contributed by atoms with Crippen molar-refractivity contribution in [3.63, 3.8) is 0 Å². The highest BCUT2D eigenvalue weighted by Crippen LogP contribution is 2.32. The topological polar surface area (TPSA) is 32.3 Å². The summed E-state index contributed by atoms with van der Waals surface area (Å²) in [4.78, 5) is 14.0. The minimum Gasteiger partial charge on any atom is -0.323 e. The monoisotopic (exact) mass is 224 g/mol. The molecule has 2 aliphatic rings. The van der Waals surface area contributed by atoms with Crippen LogP contribution in [0.3, 0.4) is 0 Å². The molecule has 0 aromatic carbocycles. The Morgan fingerprint density at radius 3 is 2.56 bits per heavy atom. The van der Waals surface area contributed by atoms with Gasteiger partial charge in [-0.3, -0.25) is 10.1 Å². The van der Waals surface area contributed by atoms with E-state index in [2.05, 4.69) is 24.1 Å². The molecule has 1 aliphatic heterocycles. The van der Waals surface area contributed by atoms with E-state index in [9.17, 15) is 4.79 Å². The summed E-state index contributed by atoms with van der Waals surface area (Å²) in [6.07, 6.45) is 8.05. The SMILES string of the molecule is CCC(C1CCCCC1)N1C(=O)CNC1C. The summed E-state index contributed by atoms with van der Waals surface area (Å²) in [5.41, 5.74) is 0. The first-order chi connectivity index (χ1) is 7.74. The molecule has 0 aromatic heterocycles. The third-order valence-corrected chi connectivity index (χ3v) is 4.22. The van der Waals surface area contributed by atoms with E-state index >= 15 is 0 Å². The zero-order chi connectivity index (χ0) is 11.5. The highest BCUT2D eigenvalue weighted by molar-refractivity contribution is 5.80. The Balaban J connectivity index is 2.05. The first-order valence-electron chi connectivity index (χ1n) is 6.78. The maximum absolute atomic E-state index is 11.9. The molecule has 1 N–H and O–H groups in total. The first kappa shape index (κ1) is 11.9. The van der Waals surface area contributed by atoms with Crippen LogP contribution in [-0.4, -0.2) is 29.6 Å². The number of rotatable bonds is 3. The number of nitrogens with one attached hydrogen (secondary N) is 1. The van der Waals surface area contributed by atoms with Crippen LogP contribution in [0.4, 0.5) is 0 Å². The Labute approximate surface area is 98.6 Å². The van der Waals surface area contributed by atoms with Crippen molar-refractivity contribution in [2.24, 2.45) is 5.92 Å².